The van der Waals surface area contributed by atoms with Gasteiger partial charge in [-0.15, -0.1) is 0 Å². The molecule has 1 heterocycles. The van der Waals surface area contributed by atoms with Crippen LogP contribution in [0.15, 0.2) is 29.2 Å². The van der Waals surface area contributed by atoms with E-state index in [-0.39, 0.29) is 36.1 Å². The molecule has 0 aromatic heterocycles. The van der Waals surface area contributed by atoms with Gasteiger partial charge in [-0.3, -0.25) is 9.69 Å². The summed E-state index contributed by atoms with van der Waals surface area (Å²) in [5, 5.41) is 0. The van der Waals surface area contributed by atoms with Crippen molar-refractivity contribution in [3.63, 3.8) is 0 Å². The zero-order valence-electron chi connectivity index (χ0n) is 17.4. The maximum Gasteiger partial charge on any atom is 0.411 e. The molecule has 1 aliphatic heterocycles. The van der Waals surface area contributed by atoms with Gasteiger partial charge in [0.25, 0.3) is 5.91 Å². The fourth-order valence-electron chi connectivity index (χ4n) is 3.09. The Hall–Kier alpha value is -1.73. The van der Waals surface area contributed by atoms with E-state index >= 15 is 0 Å². The molecule has 0 spiro atoms. The molecule has 0 radical (unpaired) electrons. The van der Waals surface area contributed by atoms with Crippen LogP contribution < -0.4 is 4.72 Å². The zero-order valence-corrected chi connectivity index (χ0v) is 18.2. The second-order valence-corrected chi connectivity index (χ2v) is 8.84. The van der Waals surface area contributed by atoms with Crippen molar-refractivity contribution in [3.8, 4) is 0 Å². The van der Waals surface area contributed by atoms with E-state index in [0.717, 1.165) is 0 Å². The average Bonchev–Trinajstić information content (AvgIpc) is 2.73. The van der Waals surface area contributed by atoms with Crippen molar-refractivity contribution in [2.45, 2.75) is 17.5 Å². The van der Waals surface area contributed by atoms with Gasteiger partial charge in [0.15, 0.2) is 0 Å². The second-order valence-electron chi connectivity index (χ2n) is 7.07. The fraction of sp³-hybridized carbons (Fsp3) is 0.632. The van der Waals surface area contributed by atoms with Gasteiger partial charge in [0.1, 0.15) is 6.61 Å². The number of carbonyl (C=O) groups excluding carboxylic acids is 1. The lowest BCUT2D eigenvalue weighted by Gasteiger charge is -2.34. The lowest BCUT2D eigenvalue weighted by molar-refractivity contribution is -0.174. The van der Waals surface area contributed by atoms with Crippen LogP contribution in [0.5, 0.6) is 0 Å². The van der Waals surface area contributed by atoms with Crippen molar-refractivity contribution >= 4 is 15.9 Å². The summed E-state index contributed by atoms with van der Waals surface area (Å²) in [6.07, 6.45) is -3.84. The molecule has 2 rings (SSSR count). The molecule has 0 atom stereocenters. The van der Waals surface area contributed by atoms with E-state index < -0.39 is 22.8 Å². The standard InChI is InChI=1S/C19H28F3N3O5S/c1-29-13-6-23-31(27,28)17-5-2-4-16(14-17)18(26)25-10-8-24(9-11-25)7-3-12-30-15-19(20,21)22/h2,4-5,14,23H,3,6-13,15H2,1H3. The minimum absolute atomic E-state index is 0.00643. The number of alkyl halides is 3. The lowest BCUT2D eigenvalue weighted by Crippen LogP contribution is -2.49. The van der Waals surface area contributed by atoms with Gasteiger partial charge in [0.2, 0.25) is 10.0 Å². The predicted octanol–water partition coefficient (Wildman–Crippen LogP) is 1.34. The molecule has 0 aliphatic carbocycles. The lowest BCUT2D eigenvalue weighted by atomic mass is 10.2. The number of benzene rings is 1. The van der Waals surface area contributed by atoms with Gasteiger partial charge in [0, 0.05) is 58.5 Å². The van der Waals surface area contributed by atoms with Crippen LogP contribution in [-0.2, 0) is 19.5 Å². The van der Waals surface area contributed by atoms with Gasteiger partial charge >= 0.3 is 6.18 Å². The summed E-state index contributed by atoms with van der Waals surface area (Å²) in [7, 11) is -2.28. The van der Waals surface area contributed by atoms with E-state index in [1.807, 2.05) is 0 Å². The van der Waals surface area contributed by atoms with E-state index in [9.17, 15) is 26.4 Å². The van der Waals surface area contributed by atoms with Gasteiger partial charge in [-0.25, -0.2) is 13.1 Å². The first-order valence-corrected chi connectivity index (χ1v) is 11.4. The number of hydrogen-bond donors (Lipinski definition) is 1. The number of hydrogen-bond acceptors (Lipinski definition) is 6. The zero-order chi connectivity index (χ0) is 22.9. The largest absolute Gasteiger partial charge is 0.411 e. The number of nitrogens with zero attached hydrogens (tertiary/aromatic N) is 2. The summed E-state index contributed by atoms with van der Waals surface area (Å²) in [5.41, 5.74) is 0.281. The Morgan fingerprint density at radius 1 is 1.16 bits per heavy atom. The summed E-state index contributed by atoms with van der Waals surface area (Å²) in [5.74, 6) is -0.262. The van der Waals surface area contributed by atoms with Gasteiger partial charge in [-0.05, 0) is 24.6 Å². The number of nitrogens with one attached hydrogen (secondary N) is 1. The number of piperazine rings is 1. The van der Waals surface area contributed by atoms with E-state index in [1.54, 1.807) is 11.0 Å². The van der Waals surface area contributed by atoms with Crippen LogP contribution >= 0.6 is 0 Å². The number of halogens is 3. The molecule has 1 fully saturated rings. The van der Waals surface area contributed by atoms with Gasteiger partial charge in [-0.2, -0.15) is 13.2 Å². The molecule has 1 saturated heterocycles. The van der Waals surface area contributed by atoms with Crippen LogP contribution in [0.3, 0.4) is 0 Å². The Kier molecular flexibility index (Phi) is 9.69. The van der Waals surface area contributed by atoms with Crippen molar-refractivity contribution in [2.24, 2.45) is 0 Å². The van der Waals surface area contributed by atoms with Gasteiger partial charge in [-0.1, -0.05) is 6.07 Å². The summed E-state index contributed by atoms with van der Waals surface area (Å²) in [6.45, 7) is 1.79. The van der Waals surface area contributed by atoms with Gasteiger partial charge < -0.3 is 14.4 Å². The van der Waals surface area contributed by atoms with E-state index in [2.05, 4.69) is 14.4 Å². The maximum absolute atomic E-state index is 12.8. The summed E-state index contributed by atoms with van der Waals surface area (Å²) in [4.78, 5) is 16.5. The minimum atomic E-state index is -4.32. The van der Waals surface area contributed by atoms with Crippen LogP contribution in [-0.4, -0.2) is 96.5 Å². The van der Waals surface area contributed by atoms with E-state index in [4.69, 9.17) is 4.74 Å². The van der Waals surface area contributed by atoms with Crippen molar-refractivity contribution in [1.82, 2.24) is 14.5 Å². The molecule has 1 aromatic carbocycles. The van der Waals surface area contributed by atoms with Crippen LogP contribution in [0.1, 0.15) is 16.8 Å². The van der Waals surface area contributed by atoms with Crippen LogP contribution in [0.4, 0.5) is 13.2 Å². The Morgan fingerprint density at radius 3 is 2.52 bits per heavy atom. The maximum atomic E-state index is 12.8. The molecule has 0 unspecified atom stereocenters. The summed E-state index contributed by atoms with van der Waals surface area (Å²) >= 11 is 0. The molecule has 31 heavy (non-hydrogen) atoms. The predicted molar refractivity (Wildman–Crippen MR) is 107 cm³/mol. The molecular formula is C19H28F3N3O5S. The topological polar surface area (TPSA) is 88.2 Å². The third-order valence-electron chi connectivity index (χ3n) is 4.68. The molecule has 12 heteroatoms. The first-order valence-electron chi connectivity index (χ1n) is 9.87. The Balaban J connectivity index is 1.82. The quantitative estimate of drug-likeness (QED) is 0.494. The highest BCUT2D eigenvalue weighted by molar-refractivity contribution is 7.89. The molecule has 1 aliphatic rings. The Bertz CT molecular complexity index is 812. The van der Waals surface area contributed by atoms with Crippen molar-refractivity contribution in [2.75, 3.05) is 66.2 Å². The number of carbonyl (C=O) groups is 1. The highest BCUT2D eigenvalue weighted by Gasteiger charge is 2.27. The first-order chi connectivity index (χ1) is 14.6. The van der Waals surface area contributed by atoms with Crippen LogP contribution in [0.25, 0.3) is 0 Å². The average molecular weight is 468 g/mol. The number of amides is 1. The summed E-state index contributed by atoms with van der Waals surface area (Å²) < 4.78 is 72.6. The highest BCUT2D eigenvalue weighted by atomic mass is 32.2. The number of rotatable bonds is 11. The minimum Gasteiger partial charge on any atom is -0.383 e. The molecule has 1 N–H and O–H groups in total. The molecule has 0 saturated carbocycles. The smallest absolute Gasteiger partial charge is 0.383 e. The number of methoxy groups -OCH3 is 1. The van der Waals surface area contributed by atoms with Crippen LogP contribution in [0, 0.1) is 0 Å². The fourth-order valence-corrected chi connectivity index (χ4v) is 4.15. The normalized spacial score (nSPS) is 15.9. The SMILES string of the molecule is COCCNS(=O)(=O)c1cccc(C(=O)N2CCN(CCCOCC(F)(F)F)CC2)c1. The third kappa shape index (κ3) is 8.73. The van der Waals surface area contributed by atoms with Crippen molar-refractivity contribution in [3.05, 3.63) is 29.8 Å². The van der Waals surface area contributed by atoms with Crippen LogP contribution in [0.2, 0.25) is 0 Å². The molecule has 176 valence electrons. The monoisotopic (exact) mass is 467 g/mol. The van der Waals surface area contributed by atoms with E-state index in [1.165, 1.54) is 25.3 Å². The number of ether oxygens (including phenoxy) is 2. The van der Waals surface area contributed by atoms with Crippen molar-refractivity contribution in [1.29, 1.82) is 0 Å². The highest BCUT2D eigenvalue weighted by Crippen LogP contribution is 2.16. The molecule has 8 nitrogen and oxygen atoms in total. The second kappa shape index (κ2) is 11.8. The number of sulfonamides is 1. The van der Waals surface area contributed by atoms with E-state index in [0.29, 0.717) is 39.1 Å². The Morgan fingerprint density at radius 2 is 1.87 bits per heavy atom. The van der Waals surface area contributed by atoms with Gasteiger partial charge in [0.05, 0.1) is 11.5 Å². The summed E-state index contributed by atoms with van der Waals surface area (Å²) in [6, 6.07) is 5.86. The molecular weight excluding hydrogens is 439 g/mol. The molecule has 1 aromatic rings. The first kappa shape index (κ1) is 25.5. The molecule has 0 bridgehead atoms. The van der Waals surface area contributed by atoms with Crippen molar-refractivity contribution < 1.29 is 35.9 Å². The third-order valence-corrected chi connectivity index (χ3v) is 6.14. The molecule has 1 amide bonds. The Labute approximate surface area is 180 Å².